The van der Waals surface area contributed by atoms with E-state index >= 15 is 0 Å². The van der Waals surface area contributed by atoms with Gasteiger partial charge in [-0.1, -0.05) is 0 Å². The van der Waals surface area contributed by atoms with Crippen molar-refractivity contribution in [3.05, 3.63) is 19.6 Å². The first-order chi connectivity index (χ1) is 11.0. The highest BCUT2D eigenvalue weighted by atomic mass is 32.2. The molecule has 0 saturated heterocycles. The molecule has 0 heterocycles. The van der Waals surface area contributed by atoms with Gasteiger partial charge in [0.1, 0.15) is 9.81 Å². The third kappa shape index (κ3) is 3.54. The molecule has 0 bridgehead atoms. The second-order valence-corrected chi connectivity index (χ2v) is 9.99. The minimum atomic E-state index is -6.38. The smallest absolute Gasteiger partial charge is 0.297 e. The number of hydrogen-bond acceptors (Lipinski definition) is 12. The molecule has 0 radical (unpaired) electrons. The molecule has 1 aliphatic rings. The van der Waals surface area contributed by atoms with Crippen molar-refractivity contribution in [3.8, 4) is 0 Å². The zero-order valence-corrected chi connectivity index (χ0v) is 14.7. The van der Waals surface area contributed by atoms with Crippen LogP contribution >= 0.6 is 0 Å². The molecule has 0 unspecified atom stereocenters. The molecule has 1 aliphatic carbocycles. The van der Waals surface area contributed by atoms with Crippen LogP contribution in [0.15, 0.2) is 19.6 Å². The Morgan fingerprint density at radius 1 is 0.462 bits per heavy atom. The van der Waals surface area contributed by atoms with Gasteiger partial charge in [-0.15, -0.1) is 0 Å². The number of hydrogen-bond donors (Lipinski definition) is 8. The quantitative estimate of drug-likeness (QED) is 0.143. The van der Waals surface area contributed by atoms with Crippen molar-refractivity contribution in [2.24, 2.45) is 0 Å². The largest absolute Gasteiger partial charge is 0.357 e. The van der Waals surface area contributed by atoms with Crippen LogP contribution in [0.4, 0.5) is 0 Å². The van der Waals surface area contributed by atoms with Gasteiger partial charge >= 0.3 is 0 Å². The van der Waals surface area contributed by atoms with E-state index in [0.717, 1.165) is 0 Å². The Hall–Kier alpha value is -1.04. The van der Waals surface area contributed by atoms with Crippen LogP contribution in [-0.2, 0) is 40.5 Å². The fourth-order valence-electron chi connectivity index (χ4n) is 1.90. The van der Waals surface area contributed by atoms with E-state index in [1.807, 2.05) is 0 Å². The van der Waals surface area contributed by atoms with Crippen LogP contribution in [-0.4, -0.2) is 83.9 Å². The third-order valence-electron chi connectivity index (χ3n) is 2.77. The molecule has 0 aromatic heterocycles. The van der Waals surface area contributed by atoms with E-state index in [-0.39, 0.29) is 0 Å². The Balaban J connectivity index is 4.72. The van der Waals surface area contributed by atoms with E-state index in [9.17, 15) is 54.1 Å². The van der Waals surface area contributed by atoms with Gasteiger partial charge in [0.05, 0.1) is 0 Å². The maximum Gasteiger partial charge on any atom is 0.297 e. The second kappa shape index (κ2) is 5.73. The standard InChI is InChI=1S/C6H8O16S4/c7-5(8)3(25(17,18)19)1(23(11,12)13)2(24(14,15)16)4(6(5,9)10)26(20,21)22/h7-10H,(H,11,12,13)(H,14,15,16)(H,17,18,19)(H,20,21,22). The van der Waals surface area contributed by atoms with Crippen molar-refractivity contribution in [1.82, 2.24) is 0 Å². The van der Waals surface area contributed by atoms with Gasteiger partial charge in [0.15, 0.2) is 9.81 Å². The monoisotopic (exact) mass is 464 g/mol. The molecule has 0 aliphatic heterocycles. The summed E-state index contributed by atoms with van der Waals surface area (Å²) in [5.41, 5.74) is 0. The van der Waals surface area contributed by atoms with Crippen LogP contribution in [0.5, 0.6) is 0 Å². The summed E-state index contributed by atoms with van der Waals surface area (Å²) >= 11 is 0. The lowest BCUT2D eigenvalue weighted by molar-refractivity contribution is -0.313. The Labute approximate surface area is 144 Å². The molecule has 0 atom stereocenters. The summed E-state index contributed by atoms with van der Waals surface area (Å²) in [5.74, 6) is -10.2. The van der Waals surface area contributed by atoms with Crippen molar-refractivity contribution < 1.29 is 72.3 Å². The zero-order chi connectivity index (χ0) is 21.3. The van der Waals surface area contributed by atoms with E-state index in [2.05, 4.69) is 0 Å². The first-order valence-corrected chi connectivity index (χ1v) is 11.0. The summed E-state index contributed by atoms with van der Waals surface area (Å²) in [5, 5.41) is 38.2. The van der Waals surface area contributed by atoms with Crippen LogP contribution < -0.4 is 0 Å². The predicted octanol–water partition coefficient (Wildman–Crippen LogP) is -4.66. The van der Waals surface area contributed by atoms with Gasteiger partial charge < -0.3 is 20.4 Å². The lowest BCUT2D eigenvalue weighted by Crippen LogP contribution is -2.62. The molecular weight excluding hydrogens is 456 g/mol. The van der Waals surface area contributed by atoms with Crippen molar-refractivity contribution in [3.63, 3.8) is 0 Å². The third-order valence-corrected chi connectivity index (χ3v) is 7.02. The van der Waals surface area contributed by atoms with Crippen LogP contribution in [0.1, 0.15) is 0 Å². The van der Waals surface area contributed by atoms with Gasteiger partial charge in [-0.2, -0.15) is 33.7 Å². The normalized spacial score (nSPS) is 21.8. The highest BCUT2D eigenvalue weighted by Gasteiger charge is 2.67. The minimum absolute atomic E-state index is 2.89. The first kappa shape index (κ1) is 23.0. The maximum absolute atomic E-state index is 11.3. The average Bonchev–Trinajstić information content (AvgIpc) is 2.24. The number of rotatable bonds is 4. The molecule has 0 fully saturated rings. The van der Waals surface area contributed by atoms with Gasteiger partial charge in [-0.25, -0.2) is 0 Å². The van der Waals surface area contributed by atoms with Crippen molar-refractivity contribution in [1.29, 1.82) is 0 Å². The summed E-state index contributed by atoms with van der Waals surface area (Å²) in [6.07, 6.45) is 0. The summed E-state index contributed by atoms with van der Waals surface area (Å²) in [6.45, 7) is 0. The summed E-state index contributed by atoms with van der Waals surface area (Å²) in [7, 11) is -25.5. The zero-order valence-electron chi connectivity index (χ0n) is 11.5. The topological polar surface area (TPSA) is 298 Å². The fourth-order valence-corrected chi connectivity index (χ4v) is 7.03. The molecule has 152 valence electrons. The highest BCUT2D eigenvalue weighted by molar-refractivity contribution is 7.98. The predicted molar refractivity (Wildman–Crippen MR) is 74.6 cm³/mol. The molecule has 0 amide bonds. The Kier molecular flexibility index (Phi) is 5.07. The van der Waals surface area contributed by atoms with E-state index in [1.165, 1.54) is 0 Å². The lowest BCUT2D eigenvalue weighted by Gasteiger charge is -2.39. The molecule has 1 rings (SSSR count). The Morgan fingerprint density at radius 2 is 0.654 bits per heavy atom. The molecule has 20 heteroatoms. The van der Waals surface area contributed by atoms with E-state index in [1.54, 1.807) is 0 Å². The van der Waals surface area contributed by atoms with Gasteiger partial charge in [-0.05, 0) is 0 Å². The molecular formula is C6H8O16S4. The average molecular weight is 464 g/mol. The maximum atomic E-state index is 11.3. The molecule has 0 saturated carbocycles. The lowest BCUT2D eigenvalue weighted by atomic mass is 9.99. The summed E-state index contributed by atoms with van der Waals surface area (Å²) < 4.78 is 126. The van der Waals surface area contributed by atoms with Gasteiger partial charge in [-0.3, -0.25) is 18.2 Å². The molecule has 16 nitrogen and oxygen atoms in total. The molecule has 8 N–H and O–H groups in total. The van der Waals surface area contributed by atoms with E-state index in [4.69, 9.17) is 18.2 Å². The highest BCUT2D eigenvalue weighted by Crippen LogP contribution is 2.48. The minimum Gasteiger partial charge on any atom is -0.357 e. The van der Waals surface area contributed by atoms with Gasteiger partial charge in [0.25, 0.3) is 52.0 Å². The number of aliphatic hydroxyl groups is 4. The first-order valence-electron chi connectivity index (χ1n) is 5.27. The van der Waals surface area contributed by atoms with Crippen LogP contribution in [0.3, 0.4) is 0 Å². The van der Waals surface area contributed by atoms with Gasteiger partial charge in [0, 0.05) is 0 Å². The Morgan fingerprint density at radius 3 is 0.769 bits per heavy atom. The van der Waals surface area contributed by atoms with Crippen LogP contribution in [0.25, 0.3) is 0 Å². The SMILES string of the molecule is O=S(=O)(O)C1=C(S(=O)(=O)O)C(O)(O)C(O)(O)C(S(=O)(=O)O)=C1S(=O)(=O)O. The summed E-state index contributed by atoms with van der Waals surface area (Å²) in [4.78, 5) is -11.7. The second-order valence-electron chi connectivity index (χ2n) is 4.56. The van der Waals surface area contributed by atoms with Crippen LogP contribution in [0, 0.1) is 0 Å². The molecule has 0 aromatic carbocycles. The van der Waals surface area contributed by atoms with Crippen molar-refractivity contribution in [2.45, 2.75) is 11.6 Å². The summed E-state index contributed by atoms with van der Waals surface area (Å²) in [6, 6.07) is 0. The van der Waals surface area contributed by atoms with E-state index < -0.39 is 71.7 Å². The fraction of sp³-hybridized carbons (Fsp3) is 0.333. The molecule has 0 aromatic rings. The van der Waals surface area contributed by atoms with Gasteiger partial charge in [0.2, 0.25) is 0 Å². The molecule has 26 heavy (non-hydrogen) atoms. The van der Waals surface area contributed by atoms with Crippen LogP contribution in [0.2, 0.25) is 0 Å². The van der Waals surface area contributed by atoms with Crippen molar-refractivity contribution in [2.75, 3.05) is 0 Å². The molecule has 0 spiro atoms. The van der Waals surface area contributed by atoms with E-state index in [0.29, 0.717) is 0 Å². The van der Waals surface area contributed by atoms with Crippen molar-refractivity contribution >= 4 is 40.5 Å². The Bertz CT molecular complexity index is 1040.